The summed E-state index contributed by atoms with van der Waals surface area (Å²) in [5.74, 6) is 0.0146. The van der Waals surface area contributed by atoms with Crippen LogP contribution in [0.3, 0.4) is 0 Å². The Morgan fingerprint density at radius 3 is 2.65 bits per heavy atom. The summed E-state index contributed by atoms with van der Waals surface area (Å²) in [7, 11) is 1.50. The number of amides is 1. The third-order valence-electron chi connectivity index (χ3n) is 5.68. The molecule has 5 rings (SSSR count). The average molecular weight is 503 g/mol. The molecule has 5 aromatic rings. The number of thiazole rings is 1. The maximum absolute atomic E-state index is 13.4. The molecule has 1 amide bonds. The van der Waals surface area contributed by atoms with E-state index in [9.17, 15) is 4.79 Å². The Bertz CT molecular complexity index is 1750. The highest BCUT2D eigenvalue weighted by molar-refractivity contribution is 7.22. The molecule has 3 aromatic heterocycles. The number of nitriles is 1. The number of aryl methyl sites for hydroxylation is 1. The van der Waals surface area contributed by atoms with Crippen molar-refractivity contribution >= 4 is 38.4 Å². The van der Waals surface area contributed by atoms with Gasteiger partial charge in [-0.2, -0.15) is 5.26 Å². The highest BCUT2D eigenvalue weighted by Gasteiger charge is 2.20. The zero-order valence-electron chi connectivity index (χ0n) is 19.8. The molecule has 2 aromatic carbocycles. The molecule has 1 N–H and O–H groups in total. The first-order chi connectivity index (χ1) is 18.0. The van der Waals surface area contributed by atoms with Crippen molar-refractivity contribution < 1.29 is 9.53 Å². The summed E-state index contributed by atoms with van der Waals surface area (Å²) in [6.45, 7) is 9.28. The first-order valence-electron chi connectivity index (χ1n) is 11.1. The number of hydrogen-bond acceptors (Lipinski definition) is 7. The number of rotatable bonds is 5. The summed E-state index contributed by atoms with van der Waals surface area (Å²) < 4.78 is 5.51. The van der Waals surface area contributed by atoms with Crippen LogP contribution in [0.4, 0.5) is 10.8 Å². The Balaban J connectivity index is 1.48. The number of anilines is 1. The number of carbonyl (C=O) groups excluding carboxylic acids is 1. The van der Waals surface area contributed by atoms with Crippen LogP contribution in [-0.4, -0.2) is 28.0 Å². The van der Waals surface area contributed by atoms with Gasteiger partial charge < -0.3 is 4.74 Å². The van der Waals surface area contributed by atoms with Crippen LogP contribution in [0.25, 0.3) is 37.6 Å². The number of pyridine rings is 2. The normalized spacial score (nSPS) is 10.5. The van der Waals surface area contributed by atoms with E-state index in [0.717, 1.165) is 17.0 Å². The van der Waals surface area contributed by atoms with E-state index in [1.54, 1.807) is 30.3 Å². The second kappa shape index (κ2) is 9.86. The Morgan fingerprint density at radius 1 is 1.11 bits per heavy atom. The first kappa shape index (κ1) is 23.6. The van der Waals surface area contributed by atoms with Gasteiger partial charge in [-0.3, -0.25) is 15.1 Å². The standard InChI is InChI=1S/C28H18N6O2S/c1-16-13-20(19-5-4-6-23(30-2)25(19)36-3)21(15-31-16)26(35)34-28-33-24-12-11-22(32-27(24)37-28)18-9-7-17(14-29)8-10-18/h4-13,15H,1,3H3,(H,33,34,35). The summed E-state index contributed by atoms with van der Waals surface area (Å²) in [5, 5.41) is 12.3. The molecule has 37 heavy (non-hydrogen) atoms. The molecule has 178 valence electrons. The van der Waals surface area contributed by atoms with E-state index < -0.39 is 0 Å². The molecule has 0 atom stereocenters. The van der Waals surface area contributed by atoms with Gasteiger partial charge in [-0.15, -0.1) is 0 Å². The number of methoxy groups -OCH3 is 1. The van der Waals surface area contributed by atoms with E-state index >= 15 is 0 Å². The molecule has 0 saturated carbocycles. The predicted octanol–water partition coefficient (Wildman–Crippen LogP) is 6.41. The SMILES string of the molecule is [C-]#[N+]c1cccc(-c2cc(C)ncc2C(=O)Nc2nc3ccc(-c4ccc(C#N)cc4)nc3s2)c1OC. The summed E-state index contributed by atoms with van der Waals surface area (Å²) in [5.41, 5.74) is 5.51. The van der Waals surface area contributed by atoms with Crippen molar-refractivity contribution in [1.29, 1.82) is 5.26 Å². The predicted molar refractivity (Wildman–Crippen MR) is 143 cm³/mol. The number of aromatic nitrogens is 3. The van der Waals surface area contributed by atoms with Crippen LogP contribution in [0.1, 0.15) is 21.6 Å². The van der Waals surface area contributed by atoms with E-state index in [1.165, 1.54) is 24.6 Å². The molecule has 9 heteroatoms. The molecular weight excluding hydrogens is 484 g/mol. The quantitative estimate of drug-likeness (QED) is 0.278. The first-order valence-corrected chi connectivity index (χ1v) is 11.9. The largest absolute Gasteiger partial charge is 0.507 e. The smallest absolute Gasteiger partial charge is 0.259 e. The van der Waals surface area contributed by atoms with Crippen molar-refractivity contribution in [3.8, 4) is 34.2 Å². The van der Waals surface area contributed by atoms with Crippen LogP contribution in [0.5, 0.6) is 5.75 Å². The number of hydrogen-bond donors (Lipinski definition) is 1. The molecular formula is C28H18N6O2S. The van der Waals surface area contributed by atoms with Gasteiger partial charge in [-0.1, -0.05) is 41.7 Å². The average Bonchev–Trinajstić information content (AvgIpc) is 3.33. The third-order valence-corrected chi connectivity index (χ3v) is 6.56. The van der Waals surface area contributed by atoms with Gasteiger partial charge in [-0.25, -0.2) is 14.8 Å². The van der Waals surface area contributed by atoms with E-state index in [0.29, 0.717) is 49.2 Å². The summed E-state index contributed by atoms with van der Waals surface area (Å²) >= 11 is 1.26. The van der Waals surface area contributed by atoms with Crippen molar-refractivity contribution in [3.05, 3.63) is 95.1 Å². The Labute approximate surface area is 216 Å². The molecule has 0 aliphatic carbocycles. The minimum atomic E-state index is -0.385. The number of carbonyl (C=O) groups is 1. The minimum Gasteiger partial charge on any atom is -0.507 e. The maximum Gasteiger partial charge on any atom is 0.259 e. The van der Waals surface area contributed by atoms with Gasteiger partial charge in [0.25, 0.3) is 5.91 Å². The molecule has 0 fully saturated rings. The third kappa shape index (κ3) is 4.59. The number of nitrogens with one attached hydrogen (secondary N) is 1. The van der Waals surface area contributed by atoms with Crippen LogP contribution >= 0.6 is 11.3 Å². The van der Waals surface area contributed by atoms with Crippen molar-refractivity contribution in [1.82, 2.24) is 15.0 Å². The van der Waals surface area contributed by atoms with Gasteiger partial charge >= 0.3 is 0 Å². The molecule has 3 heterocycles. The molecule has 0 aliphatic heterocycles. The topological polar surface area (TPSA) is 105 Å². The van der Waals surface area contributed by atoms with Gasteiger partial charge in [0, 0.05) is 28.6 Å². The minimum absolute atomic E-state index is 0.330. The molecule has 0 aliphatic rings. The molecule has 0 unspecified atom stereocenters. The second-order valence-corrected chi connectivity index (χ2v) is 9.00. The fraction of sp³-hybridized carbons (Fsp3) is 0.0714. The molecule has 0 radical (unpaired) electrons. The van der Waals surface area contributed by atoms with Crippen LogP contribution < -0.4 is 10.1 Å². The van der Waals surface area contributed by atoms with Gasteiger partial charge in [0.2, 0.25) is 5.69 Å². The van der Waals surface area contributed by atoms with E-state index in [4.69, 9.17) is 16.6 Å². The van der Waals surface area contributed by atoms with Gasteiger partial charge in [0.15, 0.2) is 5.13 Å². The van der Waals surface area contributed by atoms with Crippen LogP contribution in [-0.2, 0) is 0 Å². The molecule has 8 nitrogen and oxygen atoms in total. The highest BCUT2D eigenvalue weighted by atomic mass is 32.1. The zero-order valence-corrected chi connectivity index (χ0v) is 20.6. The molecule has 0 saturated heterocycles. The fourth-order valence-corrected chi connectivity index (χ4v) is 4.75. The number of ether oxygens (including phenoxy) is 1. The Hall–Kier alpha value is -5.12. The highest BCUT2D eigenvalue weighted by Crippen LogP contribution is 2.40. The van der Waals surface area contributed by atoms with Crippen molar-refractivity contribution in [2.24, 2.45) is 0 Å². The van der Waals surface area contributed by atoms with E-state index in [2.05, 4.69) is 31.2 Å². The number of nitrogens with zero attached hydrogens (tertiary/aromatic N) is 5. The molecule has 0 spiro atoms. The van der Waals surface area contributed by atoms with Crippen LogP contribution in [0, 0.1) is 24.8 Å². The number of para-hydroxylation sites is 1. The van der Waals surface area contributed by atoms with Gasteiger partial charge in [0.05, 0.1) is 36.6 Å². The number of benzene rings is 2. The lowest BCUT2D eigenvalue weighted by molar-refractivity contribution is 0.102. The fourth-order valence-electron chi connectivity index (χ4n) is 3.91. The summed E-state index contributed by atoms with van der Waals surface area (Å²) in [6, 6.07) is 20.0. The van der Waals surface area contributed by atoms with Gasteiger partial charge in [-0.05, 0) is 37.3 Å². The summed E-state index contributed by atoms with van der Waals surface area (Å²) in [4.78, 5) is 31.1. The van der Waals surface area contributed by atoms with Crippen LogP contribution in [0.2, 0.25) is 0 Å². The Morgan fingerprint density at radius 2 is 1.92 bits per heavy atom. The lowest BCUT2D eigenvalue weighted by atomic mass is 9.98. The summed E-state index contributed by atoms with van der Waals surface area (Å²) in [6.07, 6.45) is 1.51. The lowest BCUT2D eigenvalue weighted by Crippen LogP contribution is -2.14. The van der Waals surface area contributed by atoms with E-state index in [1.807, 2.05) is 37.3 Å². The second-order valence-electron chi connectivity index (χ2n) is 8.02. The Kier molecular flexibility index (Phi) is 6.29. The van der Waals surface area contributed by atoms with Crippen molar-refractivity contribution in [2.75, 3.05) is 12.4 Å². The zero-order chi connectivity index (χ0) is 25.9. The van der Waals surface area contributed by atoms with E-state index in [-0.39, 0.29) is 5.91 Å². The monoisotopic (exact) mass is 502 g/mol. The van der Waals surface area contributed by atoms with Crippen molar-refractivity contribution in [2.45, 2.75) is 6.92 Å². The number of fused-ring (bicyclic) bond motifs is 1. The lowest BCUT2D eigenvalue weighted by Gasteiger charge is -2.14. The van der Waals surface area contributed by atoms with Gasteiger partial charge in [0.1, 0.15) is 16.1 Å². The maximum atomic E-state index is 13.4. The van der Waals surface area contributed by atoms with Crippen molar-refractivity contribution in [3.63, 3.8) is 0 Å². The van der Waals surface area contributed by atoms with Crippen LogP contribution in [0.15, 0.2) is 66.9 Å². The molecule has 0 bridgehead atoms.